The zero-order chi connectivity index (χ0) is 9.14. The average Bonchev–Trinajstić information content (AvgIpc) is 2.49. The van der Waals surface area contributed by atoms with Crippen LogP contribution in [0.5, 0.6) is 5.88 Å². The second kappa shape index (κ2) is 3.03. The maximum absolute atomic E-state index is 10.2. The second-order valence-electron chi connectivity index (χ2n) is 1.86. The Kier molecular flexibility index (Phi) is 2.08. The van der Waals surface area contributed by atoms with Gasteiger partial charge in [0.25, 0.3) is 5.82 Å². The van der Waals surface area contributed by atoms with E-state index in [1.165, 1.54) is 14.2 Å². The second-order valence-corrected chi connectivity index (χ2v) is 1.86. The first-order valence-electron chi connectivity index (χ1n) is 2.91. The van der Waals surface area contributed by atoms with Crippen LogP contribution in [0.25, 0.3) is 0 Å². The smallest absolute Gasteiger partial charge is 0.306 e. The predicted octanol–water partition coefficient (Wildman–Crippen LogP) is -0.294. The van der Waals surface area contributed by atoms with Crippen molar-refractivity contribution in [3.05, 3.63) is 10.1 Å². The number of nitrogens with zero attached hydrogens (tertiary/aromatic N) is 4. The highest BCUT2D eigenvalue weighted by Crippen LogP contribution is 2.20. The van der Waals surface area contributed by atoms with Gasteiger partial charge in [-0.1, -0.05) is 5.01 Å². The van der Waals surface area contributed by atoms with Crippen LogP contribution in [0.15, 0.2) is 4.63 Å². The summed E-state index contributed by atoms with van der Waals surface area (Å²) in [5.74, 6) is -0.0864. The molecule has 0 atom stereocenters. The molecule has 1 aromatic rings. The molecule has 1 rings (SSSR count). The minimum Gasteiger partial charge on any atom is -0.476 e. The Morgan fingerprint density at radius 1 is 1.67 bits per heavy atom. The quantitative estimate of drug-likeness (QED) is 0.458. The van der Waals surface area contributed by atoms with E-state index in [4.69, 9.17) is 0 Å². The summed E-state index contributed by atoms with van der Waals surface area (Å²) in [7, 11) is 2.53. The molecular weight excluding hydrogens is 168 g/mol. The van der Waals surface area contributed by atoms with Gasteiger partial charge in [0.15, 0.2) is 5.03 Å². The molecule has 0 saturated heterocycles. The van der Waals surface area contributed by atoms with Crippen LogP contribution in [-0.4, -0.2) is 29.5 Å². The molecule has 0 spiro atoms. The number of methoxy groups -OCH3 is 1. The van der Waals surface area contributed by atoms with Crippen molar-refractivity contribution in [2.45, 2.75) is 0 Å². The van der Waals surface area contributed by atoms with Gasteiger partial charge >= 0.3 is 5.88 Å². The van der Waals surface area contributed by atoms with Crippen LogP contribution >= 0.6 is 0 Å². The standard InChI is InChI=1S/C4H6N4O4/c1-7(8(9)10)3-4(11-2)6-12-5-3/h1-2H3. The van der Waals surface area contributed by atoms with E-state index in [0.29, 0.717) is 5.01 Å². The lowest BCUT2D eigenvalue weighted by Crippen LogP contribution is -2.25. The Morgan fingerprint density at radius 2 is 2.33 bits per heavy atom. The van der Waals surface area contributed by atoms with Gasteiger partial charge in [0.2, 0.25) is 0 Å². The van der Waals surface area contributed by atoms with E-state index in [2.05, 4.69) is 19.7 Å². The lowest BCUT2D eigenvalue weighted by atomic mass is 10.7. The summed E-state index contributed by atoms with van der Waals surface area (Å²) in [5, 5.41) is 16.8. The van der Waals surface area contributed by atoms with E-state index in [1.807, 2.05) is 0 Å². The number of nitro groups is 1. The van der Waals surface area contributed by atoms with Crippen molar-refractivity contribution in [1.29, 1.82) is 0 Å². The summed E-state index contributed by atoms with van der Waals surface area (Å²) < 4.78 is 8.88. The summed E-state index contributed by atoms with van der Waals surface area (Å²) in [5.41, 5.74) is 0. The summed E-state index contributed by atoms with van der Waals surface area (Å²) in [6.07, 6.45) is 0. The number of rotatable bonds is 3. The molecule has 0 bridgehead atoms. The highest BCUT2D eigenvalue weighted by Gasteiger charge is 2.22. The van der Waals surface area contributed by atoms with Gasteiger partial charge in [-0.25, -0.2) is 14.7 Å². The number of ether oxygens (including phenoxy) is 1. The van der Waals surface area contributed by atoms with Crippen molar-refractivity contribution in [2.75, 3.05) is 19.2 Å². The third kappa shape index (κ3) is 1.26. The Morgan fingerprint density at radius 3 is 2.83 bits per heavy atom. The first-order chi connectivity index (χ1) is 5.66. The van der Waals surface area contributed by atoms with Crippen LogP contribution in [0.4, 0.5) is 5.82 Å². The van der Waals surface area contributed by atoms with Gasteiger partial charge in [0, 0.05) is 0 Å². The molecule has 0 fully saturated rings. The van der Waals surface area contributed by atoms with Crippen LogP contribution in [-0.2, 0) is 0 Å². The number of hydrogen-bond donors (Lipinski definition) is 0. The molecule has 66 valence electrons. The maximum atomic E-state index is 10.2. The summed E-state index contributed by atoms with van der Waals surface area (Å²) in [6.45, 7) is 0. The van der Waals surface area contributed by atoms with Crippen LogP contribution in [0.3, 0.4) is 0 Å². The Bertz CT molecular complexity index is 284. The molecule has 8 nitrogen and oxygen atoms in total. The monoisotopic (exact) mass is 174 g/mol. The van der Waals surface area contributed by atoms with Crippen LogP contribution in [0.2, 0.25) is 0 Å². The van der Waals surface area contributed by atoms with Crippen LogP contribution < -0.4 is 9.75 Å². The fourth-order valence-corrected chi connectivity index (χ4v) is 0.579. The number of aromatic nitrogens is 2. The molecule has 0 N–H and O–H groups in total. The molecule has 0 saturated carbocycles. The fourth-order valence-electron chi connectivity index (χ4n) is 0.579. The highest BCUT2D eigenvalue weighted by atomic mass is 16.7. The molecule has 0 aliphatic carbocycles. The zero-order valence-corrected chi connectivity index (χ0v) is 6.42. The topological polar surface area (TPSA) is 94.5 Å². The lowest BCUT2D eigenvalue weighted by molar-refractivity contribution is -0.491. The normalized spacial score (nSPS) is 9.50. The van der Waals surface area contributed by atoms with Crippen molar-refractivity contribution in [2.24, 2.45) is 0 Å². The highest BCUT2D eigenvalue weighted by molar-refractivity contribution is 5.42. The summed E-state index contributed by atoms with van der Waals surface area (Å²) in [4.78, 5) is 10.2. The van der Waals surface area contributed by atoms with E-state index < -0.39 is 5.03 Å². The molecule has 1 aromatic heterocycles. The Labute approximate surface area is 66.8 Å². The minimum absolute atomic E-state index is 0.0193. The minimum atomic E-state index is -0.665. The largest absolute Gasteiger partial charge is 0.476 e. The van der Waals surface area contributed by atoms with Gasteiger partial charge in [0.05, 0.1) is 14.2 Å². The van der Waals surface area contributed by atoms with Gasteiger partial charge in [0.1, 0.15) is 0 Å². The third-order valence-corrected chi connectivity index (χ3v) is 1.19. The lowest BCUT2D eigenvalue weighted by Gasteiger charge is -2.02. The van der Waals surface area contributed by atoms with Crippen molar-refractivity contribution < 1.29 is 14.4 Å². The molecular formula is C4H6N4O4. The average molecular weight is 174 g/mol. The van der Waals surface area contributed by atoms with Crippen molar-refractivity contribution >= 4 is 5.82 Å². The number of anilines is 1. The first kappa shape index (κ1) is 8.24. The van der Waals surface area contributed by atoms with Gasteiger partial charge in [-0.3, -0.25) is 0 Å². The molecule has 8 heteroatoms. The van der Waals surface area contributed by atoms with E-state index in [9.17, 15) is 10.1 Å². The molecule has 0 aliphatic heterocycles. The van der Waals surface area contributed by atoms with E-state index >= 15 is 0 Å². The summed E-state index contributed by atoms with van der Waals surface area (Å²) >= 11 is 0. The SMILES string of the molecule is COc1nonc1N(C)[N+](=O)[O-]. The maximum Gasteiger partial charge on any atom is 0.306 e. The number of hydrazine groups is 1. The molecule has 0 radical (unpaired) electrons. The van der Waals surface area contributed by atoms with Gasteiger partial charge in [-0.15, -0.1) is 0 Å². The number of hydrogen-bond acceptors (Lipinski definition) is 6. The molecule has 12 heavy (non-hydrogen) atoms. The molecule has 1 heterocycles. The predicted molar refractivity (Wildman–Crippen MR) is 36.2 cm³/mol. The van der Waals surface area contributed by atoms with Gasteiger partial charge in [-0.2, -0.15) is 0 Å². The molecule has 0 amide bonds. The first-order valence-corrected chi connectivity index (χ1v) is 2.91. The fraction of sp³-hybridized carbons (Fsp3) is 0.500. The van der Waals surface area contributed by atoms with Gasteiger partial charge in [-0.05, 0) is 10.3 Å². The van der Waals surface area contributed by atoms with E-state index in [-0.39, 0.29) is 11.7 Å². The van der Waals surface area contributed by atoms with Crippen LogP contribution in [0.1, 0.15) is 0 Å². The van der Waals surface area contributed by atoms with Crippen molar-refractivity contribution in [3.8, 4) is 5.88 Å². The van der Waals surface area contributed by atoms with E-state index in [0.717, 1.165) is 0 Å². The molecule has 0 aliphatic rings. The Balaban J connectivity index is 2.93. The van der Waals surface area contributed by atoms with Gasteiger partial charge < -0.3 is 4.74 Å². The van der Waals surface area contributed by atoms with Crippen molar-refractivity contribution in [1.82, 2.24) is 10.3 Å². The van der Waals surface area contributed by atoms with E-state index in [1.54, 1.807) is 0 Å². The molecule has 0 unspecified atom stereocenters. The summed E-state index contributed by atoms with van der Waals surface area (Å²) in [6, 6.07) is 0. The third-order valence-electron chi connectivity index (χ3n) is 1.19. The zero-order valence-electron chi connectivity index (χ0n) is 6.42. The Hall–Kier alpha value is -1.86. The molecule has 0 aromatic carbocycles. The van der Waals surface area contributed by atoms with Crippen LogP contribution in [0, 0.1) is 10.1 Å². The van der Waals surface area contributed by atoms with Crippen molar-refractivity contribution in [3.63, 3.8) is 0 Å².